The second-order valence-electron chi connectivity index (χ2n) is 7.67. The summed E-state index contributed by atoms with van der Waals surface area (Å²) in [6.07, 6.45) is 3.67. The molecule has 0 saturated carbocycles. The number of nitrogens with zero attached hydrogens (tertiary/aromatic N) is 2. The summed E-state index contributed by atoms with van der Waals surface area (Å²) in [5.41, 5.74) is 16.3. The lowest BCUT2D eigenvalue weighted by atomic mass is 10.1. The van der Waals surface area contributed by atoms with Crippen molar-refractivity contribution < 1.29 is 29.4 Å². The average Bonchev–Trinajstić information content (AvgIpc) is 3.26. The van der Waals surface area contributed by atoms with Crippen LogP contribution in [0.1, 0.15) is 32.1 Å². The monoisotopic (exact) mass is 489 g/mol. The number of carbonyl (C=O) groups excluding carboxylic acids is 3. The van der Waals surface area contributed by atoms with E-state index in [1.165, 1.54) is 16.7 Å². The fraction of sp³-hybridized carbons (Fsp3) is 0.737. The minimum Gasteiger partial charge on any atom is -0.480 e. The maximum atomic E-state index is 12.9. The third kappa shape index (κ3) is 9.43. The molecule has 0 aliphatic carbocycles. The summed E-state index contributed by atoms with van der Waals surface area (Å²) < 4.78 is 0. The Hall–Kier alpha value is -2.58. The van der Waals surface area contributed by atoms with Crippen LogP contribution in [0, 0.1) is 0 Å². The third-order valence-electron chi connectivity index (χ3n) is 5.17. The molecule has 4 atom stereocenters. The number of likely N-dealkylation sites (tertiary alicyclic amines) is 1. The quantitative estimate of drug-likeness (QED) is 0.0750. The molecule has 0 aromatic rings. The lowest BCUT2D eigenvalue weighted by Crippen LogP contribution is -2.57. The highest BCUT2D eigenvalue weighted by Gasteiger charge is 2.38. The standard InChI is InChI=1S/C19H35N7O6S/c1-33-9-6-12(18(31)32)24-16(29)14-5-3-8-26(14)17(30)13(10-27)25-15(28)11(20)4-2-7-23-19(21)22/h11-14,27H,2-10,20H2,1H3,(H,24,29)(H,25,28)(H,31,32)(H4,21,22,23). The van der Waals surface area contributed by atoms with Gasteiger partial charge in [-0.25, -0.2) is 4.79 Å². The fourth-order valence-corrected chi connectivity index (χ4v) is 3.85. The van der Waals surface area contributed by atoms with Crippen molar-refractivity contribution in [2.75, 3.05) is 31.7 Å². The van der Waals surface area contributed by atoms with Gasteiger partial charge in [-0.2, -0.15) is 11.8 Å². The molecule has 33 heavy (non-hydrogen) atoms. The molecule has 1 fully saturated rings. The first-order valence-electron chi connectivity index (χ1n) is 10.7. The number of rotatable bonds is 14. The first kappa shape index (κ1) is 28.5. The van der Waals surface area contributed by atoms with Gasteiger partial charge in [0.15, 0.2) is 5.96 Å². The van der Waals surface area contributed by atoms with E-state index in [1.54, 1.807) is 0 Å². The molecule has 1 heterocycles. The van der Waals surface area contributed by atoms with E-state index >= 15 is 0 Å². The van der Waals surface area contributed by atoms with Crippen LogP contribution < -0.4 is 27.8 Å². The minimum atomic E-state index is -1.28. The maximum Gasteiger partial charge on any atom is 0.326 e. The summed E-state index contributed by atoms with van der Waals surface area (Å²) in [6.45, 7) is -0.136. The van der Waals surface area contributed by atoms with Gasteiger partial charge in [-0.1, -0.05) is 0 Å². The number of nitrogens with two attached hydrogens (primary N) is 3. The Labute approximate surface area is 196 Å². The summed E-state index contributed by atoms with van der Waals surface area (Å²) in [6, 6.07) is -4.16. The number of aliphatic hydroxyl groups is 1. The molecular weight excluding hydrogens is 454 g/mol. The fourth-order valence-electron chi connectivity index (χ4n) is 3.38. The Kier molecular flexibility index (Phi) is 12.5. The average molecular weight is 490 g/mol. The van der Waals surface area contributed by atoms with Crippen LogP contribution in [0.3, 0.4) is 0 Å². The number of hydrogen-bond donors (Lipinski definition) is 7. The summed E-state index contributed by atoms with van der Waals surface area (Å²) >= 11 is 1.46. The van der Waals surface area contributed by atoms with Crippen LogP contribution in [0.4, 0.5) is 0 Å². The van der Waals surface area contributed by atoms with Gasteiger partial charge in [-0.15, -0.1) is 0 Å². The summed E-state index contributed by atoms with van der Waals surface area (Å²) in [7, 11) is 0. The number of hydrogen-bond acceptors (Lipinski definition) is 8. The summed E-state index contributed by atoms with van der Waals surface area (Å²) in [5, 5.41) is 23.9. The minimum absolute atomic E-state index is 0.0675. The van der Waals surface area contributed by atoms with E-state index in [0.717, 1.165) is 0 Å². The summed E-state index contributed by atoms with van der Waals surface area (Å²) in [5.74, 6) is -2.50. The largest absolute Gasteiger partial charge is 0.480 e. The molecule has 0 spiro atoms. The molecule has 188 valence electrons. The van der Waals surface area contributed by atoms with Crippen molar-refractivity contribution in [1.29, 1.82) is 0 Å². The lowest BCUT2D eigenvalue weighted by Gasteiger charge is -2.29. The van der Waals surface area contributed by atoms with Gasteiger partial charge >= 0.3 is 5.97 Å². The number of thioether (sulfide) groups is 1. The lowest BCUT2D eigenvalue weighted by molar-refractivity contribution is -0.145. The van der Waals surface area contributed by atoms with Gasteiger partial charge in [-0.3, -0.25) is 19.4 Å². The van der Waals surface area contributed by atoms with Crippen molar-refractivity contribution in [3.05, 3.63) is 0 Å². The molecule has 0 bridgehead atoms. The van der Waals surface area contributed by atoms with Crippen LogP contribution in [0.25, 0.3) is 0 Å². The molecule has 3 amide bonds. The molecule has 0 aromatic heterocycles. The van der Waals surface area contributed by atoms with Gasteiger partial charge in [0.1, 0.15) is 18.1 Å². The third-order valence-corrected chi connectivity index (χ3v) is 5.81. The zero-order valence-electron chi connectivity index (χ0n) is 18.7. The summed E-state index contributed by atoms with van der Waals surface area (Å²) in [4.78, 5) is 54.5. The van der Waals surface area contributed by atoms with Gasteiger partial charge in [0, 0.05) is 13.1 Å². The van der Waals surface area contributed by atoms with Gasteiger partial charge in [0.2, 0.25) is 17.7 Å². The second kappa shape index (κ2) is 14.5. The van der Waals surface area contributed by atoms with Gasteiger partial charge < -0.3 is 42.9 Å². The van der Waals surface area contributed by atoms with Gasteiger partial charge in [-0.05, 0) is 44.1 Å². The van der Waals surface area contributed by atoms with Crippen molar-refractivity contribution in [3.63, 3.8) is 0 Å². The molecule has 4 unspecified atom stereocenters. The van der Waals surface area contributed by atoms with Crippen LogP contribution in [0.15, 0.2) is 4.99 Å². The number of carboxylic acids is 1. The Balaban J connectivity index is 2.72. The molecule has 0 aromatic carbocycles. The van der Waals surface area contributed by atoms with Crippen molar-refractivity contribution in [2.24, 2.45) is 22.2 Å². The molecule has 0 radical (unpaired) electrons. The molecule has 10 N–H and O–H groups in total. The Bertz CT molecular complexity index is 719. The second-order valence-corrected chi connectivity index (χ2v) is 8.66. The SMILES string of the molecule is CSCCC(NC(=O)C1CCCN1C(=O)C(CO)NC(=O)C(N)CCCN=C(N)N)C(=O)O. The predicted molar refractivity (Wildman–Crippen MR) is 124 cm³/mol. The first-order chi connectivity index (χ1) is 15.6. The molecule has 1 aliphatic heterocycles. The van der Waals surface area contributed by atoms with E-state index in [4.69, 9.17) is 17.2 Å². The number of nitrogens with one attached hydrogen (secondary N) is 2. The normalized spacial score (nSPS) is 18.2. The van der Waals surface area contributed by atoms with E-state index in [1.807, 2.05) is 6.26 Å². The van der Waals surface area contributed by atoms with Crippen molar-refractivity contribution >= 4 is 41.4 Å². The molecule has 14 heteroatoms. The van der Waals surface area contributed by atoms with E-state index in [-0.39, 0.29) is 25.3 Å². The highest BCUT2D eigenvalue weighted by atomic mass is 32.2. The van der Waals surface area contributed by atoms with Crippen molar-refractivity contribution in [3.8, 4) is 0 Å². The van der Waals surface area contributed by atoms with E-state index in [9.17, 15) is 29.4 Å². The van der Waals surface area contributed by atoms with E-state index in [0.29, 0.717) is 31.6 Å². The zero-order chi connectivity index (χ0) is 25.0. The number of carbonyl (C=O) groups is 4. The molecule has 1 aliphatic rings. The number of carboxylic acid groups (broad SMARTS) is 1. The number of amides is 3. The van der Waals surface area contributed by atoms with Crippen LogP contribution in [-0.4, -0.2) is 101 Å². The Morgan fingerprint density at radius 3 is 2.45 bits per heavy atom. The van der Waals surface area contributed by atoms with Gasteiger partial charge in [0.05, 0.1) is 12.6 Å². The van der Waals surface area contributed by atoms with Crippen LogP contribution in [-0.2, 0) is 19.2 Å². The Morgan fingerprint density at radius 2 is 1.88 bits per heavy atom. The first-order valence-corrected chi connectivity index (χ1v) is 12.1. The molecule has 1 saturated heterocycles. The highest BCUT2D eigenvalue weighted by molar-refractivity contribution is 7.98. The molecule has 13 nitrogen and oxygen atoms in total. The van der Waals surface area contributed by atoms with Crippen LogP contribution in [0.2, 0.25) is 0 Å². The number of guanidine groups is 1. The predicted octanol–water partition coefficient (Wildman–Crippen LogP) is -2.84. The number of aliphatic imine (C=N–C) groups is 1. The molecule has 1 rings (SSSR count). The topological polar surface area (TPSA) is 226 Å². The molecular formula is C19H35N7O6S. The van der Waals surface area contributed by atoms with E-state index < -0.39 is 54.5 Å². The van der Waals surface area contributed by atoms with Crippen molar-refractivity contribution in [2.45, 2.75) is 56.3 Å². The highest BCUT2D eigenvalue weighted by Crippen LogP contribution is 2.19. The van der Waals surface area contributed by atoms with Gasteiger partial charge in [0.25, 0.3) is 0 Å². The Morgan fingerprint density at radius 1 is 1.18 bits per heavy atom. The maximum absolute atomic E-state index is 12.9. The zero-order valence-corrected chi connectivity index (χ0v) is 19.6. The van der Waals surface area contributed by atoms with Crippen molar-refractivity contribution in [1.82, 2.24) is 15.5 Å². The number of aliphatic carboxylic acids is 1. The van der Waals surface area contributed by atoms with E-state index in [2.05, 4.69) is 15.6 Å². The van der Waals surface area contributed by atoms with Crippen LogP contribution >= 0.6 is 11.8 Å². The number of aliphatic hydroxyl groups excluding tert-OH is 1. The van der Waals surface area contributed by atoms with Crippen LogP contribution in [0.5, 0.6) is 0 Å². The smallest absolute Gasteiger partial charge is 0.326 e.